The molecule has 0 spiro atoms. The van der Waals surface area contributed by atoms with Gasteiger partial charge in [0.2, 0.25) is 0 Å². The van der Waals surface area contributed by atoms with E-state index in [1.165, 1.54) is 0 Å². The highest BCUT2D eigenvalue weighted by Crippen LogP contribution is 2.45. The Morgan fingerprint density at radius 3 is 1.12 bits per heavy atom. The summed E-state index contributed by atoms with van der Waals surface area (Å²) in [6.45, 7) is 0.0752. The van der Waals surface area contributed by atoms with Gasteiger partial charge in [-0.15, -0.1) is 0 Å². The molecule has 0 unspecified atom stereocenters. The number of carbonyl (C=O) groups excluding carboxylic acids is 2. The molecule has 2 atom stereocenters. The summed E-state index contributed by atoms with van der Waals surface area (Å²) in [5.41, 5.74) is 8.44. The highest BCUT2D eigenvalue weighted by Gasteiger charge is 2.31. The van der Waals surface area contributed by atoms with Crippen LogP contribution in [-0.4, -0.2) is 71.1 Å². The number of rotatable bonds is 13. The van der Waals surface area contributed by atoms with Crippen molar-refractivity contribution in [2.75, 3.05) is 24.7 Å². The molecule has 246 valence electrons. The van der Waals surface area contributed by atoms with E-state index < -0.39 is 36.2 Å². The minimum Gasteiger partial charge on any atom is -0.480 e. The number of hydrogen-bond donors (Lipinski definition) is 4. The van der Waals surface area contributed by atoms with Gasteiger partial charge in [-0.1, -0.05) is 119 Å². The summed E-state index contributed by atoms with van der Waals surface area (Å²) in [6, 6.07) is 29.0. The fourth-order valence-corrected chi connectivity index (χ4v) is 8.46. The maximum Gasteiger partial charge on any atom is 0.407 e. The fourth-order valence-electron chi connectivity index (χ4n) is 6.15. The number of ether oxygens (including phenoxy) is 2. The van der Waals surface area contributed by atoms with Gasteiger partial charge < -0.3 is 30.3 Å². The molecule has 4 N–H and O–H groups in total. The second-order valence-corrected chi connectivity index (χ2v) is 13.8. The number of carboxylic acids is 2. The number of benzene rings is 4. The number of nitrogens with one attached hydrogen (secondary N) is 2. The van der Waals surface area contributed by atoms with Crippen molar-refractivity contribution in [1.29, 1.82) is 0 Å². The van der Waals surface area contributed by atoms with Crippen molar-refractivity contribution in [2.45, 2.75) is 23.9 Å². The predicted molar refractivity (Wildman–Crippen MR) is 184 cm³/mol. The molecular weight excluding hydrogens is 653 g/mol. The summed E-state index contributed by atoms with van der Waals surface area (Å²) in [5.74, 6) is -3.00. The second-order valence-electron chi connectivity index (χ2n) is 11.3. The lowest BCUT2D eigenvalue weighted by Crippen LogP contribution is -2.43. The number of hydrogen-bond acceptors (Lipinski definition) is 8. The van der Waals surface area contributed by atoms with Crippen LogP contribution in [-0.2, 0) is 19.1 Å². The summed E-state index contributed by atoms with van der Waals surface area (Å²) in [7, 11) is 2.12. The van der Waals surface area contributed by atoms with Crippen molar-refractivity contribution in [2.24, 2.45) is 0 Å². The molecule has 0 radical (unpaired) electrons. The Kier molecular flexibility index (Phi) is 10.2. The van der Waals surface area contributed by atoms with E-state index in [0.717, 1.165) is 66.1 Å². The number of aliphatic carboxylic acids is 2. The van der Waals surface area contributed by atoms with Crippen molar-refractivity contribution >= 4 is 45.7 Å². The van der Waals surface area contributed by atoms with Crippen LogP contribution < -0.4 is 10.6 Å². The molecule has 0 saturated heterocycles. The third-order valence-corrected chi connectivity index (χ3v) is 10.8. The Morgan fingerprint density at radius 2 is 0.833 bits per heavy atom. The van der Waals surface area contributed by atoms with Crippen LogP contribution in [0.3, 0.4) is 0 Å². The van der Waals surface area contributed by atoms with Crippen LogP contribution in [0.25, 0.3) is 22.3 Å². The van der Waals surface area contributed by atoms with Crippen LogP contribution >= 0.6 is 21.6 Å². The molecule has 0 heterocycles. The van der Waals surface area contributed by atoms with Crippen LogP contribution in [0.4, 0.5) is 9.59 Å². The largest absolute Gasteiger partial charge is 0.480 e. The number of carbonyl (C=O) groups is 4. The van der Waals surface area contributed by atoms with Crippen molar-refractivity contribution in [3.63, 3.8) is 0 Å². The molecule has 2 amide bonds. The average molecular weight is 685 g/mol. The van der Waals surface area contributed by atoms with Gasteiger partial charge in [0, 0.05) is 23.3 Å². The van der Waals surface area contributed by atoms with Crippen molar-refractivity contribution in [1.82, 2.24) is 10.6 Å². The van der Waals surface area contributed by atoms with Gasteiger partial charge in [0.05, 0.1) is 0 Å². The van der Waals surface area contributed by atoms with Gasteiger partial charge in [-0.05, 0) is 44.5 Å². The lowest BCUT2D eigenvalue weighted by Gasteiger charge is -2.18. The molecule has 6 rings (SSSR count). The van der Waals surface area contributed by atoms with Gasteiger partial charge in [0.1, 0.15) is 25.3 Å². The molecule has 0 aliphatic heterocycles. The SMILES string of the molecule is O=C(N[C@@H](CSSC[C@@H](NC(=O)OCC1c2ccccc2-c2ccccc21)C(=O)O)C(=O)O)OCC1c2ccccc2-c2ccccc21. The van der Waals surface area contributed by atoms with E-state index in [1.54, 1.807) is 0 Å². The van der Waals surface area contributed by atoms with Gasteiger partial charge in [0.25, 0.3) is 0 Å². The molecule has 48 heavy (non-hydrogen) atoms. The van der Waals surface area contributed by atoms with E-state index >= 15 is 0 Å². The van der Waals surface area contributed by atoms with Gasteiger partial charge in [0.15, 0.2) is 0 Å². The van der Waals surface area contributed by atoms with Crippen LogP contribution in [0.5, 0.6) is 0 Å². The van der Waals surface area contributed by atoms with E-state index in [4.69, 9.17) is 9.47 Å². The highest BCUT2D eigenvalue weighted by atomic mass is 33.1. The fraction of sp³-hybridized carbons (Fsp3) is 0.222. The molecule has 4 aromatic carbocycles. The Labute approximate surface area is 284 Å². The smallest absolute Gasteiger partial charge is 0.407 e. The minimum absolute atomic E-state index is 0.0376. The van der Waals surface area contributed by atoms with Crippen molar-refractivity contribution in [3.8, 4) is 22.3 Å². The topological polar surface area (TPSA) is 151 Å². The standard InChI is InChI=1S/C36H32N2O8S2/c39-33(40)31(37-35(43)45-17-29-25-13-5-1-9-21(25)22-10-2-6-14-26(22)29)19-47-48-20-32(34(41)42)38-36(44)46-18-30-27-15-7-3-11-23(27)24-12-4-8-16-28(24)30/h1-16,29-32H,17-20H2,(H,37,43)(H,38,44)(H,39,40)(H,41,42)/t31-,32+. The normalized spacial score (nSPS) is 14.1. The lowest BCUT2D eigenvalue weighted by molar-refractivity contribution is -0.139. The number of alkyl carbamates (subject to hydrolysis) is 2. The summed E-state index contributed by atoms with van der Waals surface area (Å²) in [6.07, 6.45) is -1.73. The van der Waals surface area contributed by atoms with Crippen molar-refractivity contribution in [3.05, 3.63) is 119 Å². The van der Waals surface area contributed by atoms with Crippen LogP contribution in [0, 0.1) is 0 Å². The zero-order chi connectivity index (χ0) is 33.6. The zero-order valence-electron chi connectivity index (χ0n) is 25.5. The van der Waals surface area contributed by atoms with Crippen molar-refractivity contribution < 1.29 is 38.9 Å². The Bertz CT molecular complexity index is 1630. The summed E-state index contributed by atoms with van der Waals surface area (Å²) >= 11 is 0. The summed E-state index contributed by atoms with van der Waals surface area (Å²) in [5, 5.41) is 24.2. The third-order valence-electron chi connectivity index (χ3n) is 8.42. The Morgan fingerprint density at radius 1 is 0.542 bits per heavy atom. The molecular formula is C36H32N2O8S2. The molecule has 10 nitrogen and oxygen atoms in total. The van der Waals surface area contributed by atoms with Gasteiger partial charge in [-0.3, -0.25) is 0 Å². The molecule has 0 bridgehead atoms. The first kappa shape index (κ1) is 33.0. The quantitative estimate of drug-likeness (QED) is 0.0926. The number of amides is 2. The van der Waals surface area contributed by atoms with Crippen LogP contribution in [0.2, 0.25) is 0 Å². The van der Waals surface area contributed by atoms with Gasteiger partial charge in [-0.2, -0.15) is 0 Å². The second kappa shape index (κ2) is 14.9. The van der Waals surface area contributed by atoms with Crippen LogP contribution in [0.1, 0.15) is 34.1 Å². The number of fused-ring (bicyclic) bond motifs is 6. The summed E-state index contributed by atoms with van der Waals surface area (Å²) in [4.78, 5) is 49.0. The zero-order valence-corrected chi connectivity index (χ0v) is 27.2. The van der Waals surface area contributed by atoms with E-state index in [0.29, 0.717) is 0 Å². The first-order chi connectivity index (χ1) is 23.3. The number of carboxylic acid groups (broad SMARTS) is 2. The predicted octanol–water partition coefficient (Wildman–Crippen LogP) is 6.35. The highest BCUT2D eigenvalue weighted by molar-refractivity contribution is 8.76. The Hall–Kier alpha value is -4.94. The molecule has 0 saturated carbocycles. The third kappa shape index (κ3) is 7.14. The summed E-state index contributed by atoms with van der Waals surface area (Å²) < 4.78 is 10.9. The molecule has 2 aliphatic carbocycles. The first-order valence-corrected chi connectivity index (χ1v) is 17.7. The molecule has 12 heteroatoms. The monoisotopic (exact) mass is 684 g/mol. The maximum atomic E-state index is 12.6. The molecule has 4 aromatic rings. The molecule has 0 aromatic heterocycles. The lowest BCUT2D eigenvalue weighted by atomic mass is 9.98. The van der Waals surface area contributed by atoms with Crippen LogP contribution in [0.15, 0.2) is 97.1 Å². The van der Waals surface area contributed by atoms with E-state index in [-0.39, 0.29) is 36.6 Å². The first-order valence-electron chi connectivity index (χ1n) is 15.2. The van der Waals surface area contributed by atoms with Gasteiger partial charge >= 0.3 is 24.1 Å². The van der Waals surface area contributed by atoms with E-state index in [2.05, 4.69) is 10.6 Å². The average Bonchev–Trinajstić information content (AvgIpc) is 3.59. The molecule has 2 aliphatic rings. The minimum atomic E-state index is -1.28. The maximum absolute atomic E-state index is 12.6. The van der Waals surface area contributed by atoms with Gasteiger partial charge in [-0.25, -0.2) is 19.2 Å². The Balaban J connectivity index is 0.957. The van der Waals surface area contributed by atoms with E-state index in [9.17, 15) is 29.4 Å². The van der Waals surface area contributed by atoms with E-state index in [1.807, 2.05) is 97.1 Å². The molecule has 0 fully saturated rings.